The maximum Gasteiger partial charge on any atom is 0.253 e. The van der Waals surface area contributed by atoms with Crippen LogP contribution in [0, 0.1) is 0 Å². The molecule has 0 spiro atoms. The quantitative estimate of drug-likeness (QED) is 0.919. The number of rotatable bonds is 2. The van der Waals surface area contributed by atoms with Gasteiger partial charge in [0.15, 0.2) is 0 Å². The molecule has 1 fully saturated rings. The van der Waals surface area contributed by atoms with E-state index in [-0.39, 0.29) is 23.3 Å². The van der Waals surface area contributed by atoms with Gasteiger partial charge in [-0.2, -0.15) is 0 Å². The predicted octanol–water partition coefficient (Wildman–Crippen LogP) is 3.55. The van der Waals surface area contributed by atoms with Crippen LogP contribution in [0.15, 0.2) is 54.6 Å². The first-order valence-corrected chi connectivity index (χ1v) is 8.56. The Balaban J connectivity index is 1.74. The molecule has 126 valence electrons. The molecule has 3 nitrogen and oxygen atoms in total. The van der Waals surface area contributed by atoms with Gasteiger partial charge in [0.1, 0.15) is 0 Å². The Kier molecular flexibility index (Phi) is 4.46. The summed E-state index contributed by atoms with van der Waals surface area (Å²) in [5.41, 5.74) is 9.58. The summed E-state index contributed by atoms with van der Waals surface area (Å²) in [5, 5.41) is 0. The van der Waals surface area contributed by atoms with Gasteiger partial charge >= 0.3 is 0 Å². The van der Waals surface area contributed by atoms with Crippen molar-refractivity contribution in [3.8, 4) is 0 Å². The Labute approximate surface area is 144 Å². The van der Waals surface area contributed by atoms with Crippen LogP contribution in [0.3, 0.4) is 0 Å². The van der Waals surface area contributed by atoms with Crippen LogP contribution in [0.25, 0.3) is 0 Å². The first-order chi connectivity index (χ1) is 11.4. The summed E-state index contributed by atoms with van der Waals surface area (Å²) in [6.45, 7) is 7.82. The third kappa shape index (κ3) is 3.36. The molecule has 0 aliphatic carbocycles. The maximum atomic E-state index is 12.8. The first kappa shape index (κ1) is 16.7. The highest BCUT2D eigenvalue weighted by Gasteiger charge is 2.34. The molecular weight excluding hydrogens is 296 g/mol. The zero-order chi connectivity index (χ0) is 17.3. The van der Waals surface area contributed by atoms with E-state index in [1.54, 1.807) is 0 Å². The van der Waals surface area contributed by atoms with Crippen LogP contribution in [-0.2, 0) is 5.41 Å². The summed E-state index contributed by atoms with van der Waals surface area (Å²) >= 11 is 0. The van der Waals surface area contributed by atoms with Gasteiger partial charge in [0, 0.05) is 30.6 Å². The van der Waals surface area contributed by atoms with E-state index in [1.165, 1.54) is 11.1 Å². The lowest BCUT2D eigenvalue weighted by Gasteiger charge is -2.20. The van der Waals surface area contributed by atoms with Crippen molar-refractivity contribution in [3.63, 3.8) is 0 Å². The van der Waals surface area contributed by atoms with E-state index in [4.69, 9.17) is 5.73 Å². The number of nitrogens with two attached hydrogens (primary N) is 1. The van der Waals surface area contributed by atoms with Crippen molar-refractivity contribution in [2.24, 2.45) is 5.73 Å². The van der Waals surface area contributed by atoms with Gasteiger partial charge in [-0.05, 0) is 28.7 Å². The SMILES string of the molecule is CC(C)(C)c1ccc(C(=O)N2C[C@@H](N)[C@H](c3ccccc3)C2)cc1. The van der Waals surface area contributed by atoms with Gasteiger partial charge in [-0.1, -0.05) is 63.2 Å². The van der Waals surface area contributed by atoms with Crippen molar-refractivity contribution < 1.29 is 4.79 Å². The van der Waals surface area contributed by atoms with Crippen LogP contribution in [-0.4, -0.2) is 29.9 Å². The van der Waals surface area contributed by atoms with Gasteiger partial charge in [-0.15, -0.1) is 0 Å². The van der Waals surface area contributed by atoms with Crippen LogP contribution >= 0.6 is 0 Å². The molecule has 24 heavy (non-hydrogen) atoms. The molecule has 3 rings (SSSR count). The fourth-order valence-corrected chi connectivity index (χ4v) is 3.34. The summed E-state index contributed by atoms with van der Waals surface area (Å²) in [6.07, 6.45) is 0. The number of carbonyl (C=O) groups is 1. The molecule has 0 radical (unpaired) electrons. The largest absolute Gasteiger partial charge is 0.336 e. The van der Waals surface area contributed by atoms with Gasteiger partial charge in [0.25, 0.3) is 5.91 Å². The highest BCUT2D eigenvalue weighted by atomic mass is 16.2. The Morgan fingerprint density at radius 1 is 1.00 bits per heavy atom. The van der Waals surface area contributed by atoms with Gasteiger partial charge in [-0.3, -0.25) is 4.79 Å². The third-order valence-electron chi connectivity index (χ3n) is 4.88. The number of nitrogens with zero attached hydrogens (tertiary/aromatic N) is 1. The summed E-state index contributed by atoms with van der Waals surface area (Å²) in [6, 6.07) is 18.2. The minimum Gasteiger partial charge on any atom is -0.336 e. The molecule has 1 saturated heterocycles. The predicted molar refractivity (Wildman–Crippen MR) is 98.2 cm³/mol. The average molecular weight is 322 g/mol. The van der Waals surface area contributed by atoms with Crippen LogP contribution in [0.2, 0.25) is 0 Å². The number of amides is 1. The van der Waals surface area contributed by atoms with Gasteiger partial charge in [0.05, 0.1) is 0 Å². The molecule has 0 bridgehead atoms. The van der Waals surface area contributed by atoms with Crippen molar-refractivity contribution in [2.75, 3.05) is 13.1 Å². The minimum absolute atomic E-state index is 0.00908. The Hall–Kier alpha value is -2.13. The number of benzene rings is 2. The van der Waals surface area contributed by atoms with Crippen molar-refractivity contribution >= 4 is 5.91 Å². The lowest BCUT2D eigenvalue weighted by Crippen LogP contribution is -2.32. The zero-order valence-electron chi connectivity index (χ0n) is 14.7. The summed E-state index contributed by atoms with van der Waals surface area (Å²) in [5.74, 6) is 0.285. The molecule has 0 unspecified atom stereocenters. The Morgan fingerprint density at radius 3 is 2.21 bits per heavy atom. The zero-order valence-corrected chi connectivity index (χ0v) is 14.7. The van der Waals surface area contributed by atoms with Crippen molar-refractivity contribution in [1.29, 1.82) is 0 Å². The average Bonchev–Trinajstić information content (AvgIpc) is 2.96. The van der Waals surface area contributed by atoms with E-state index in [0.29, 0.717) is 13.1 Å². The second-order valence-electron chi connectivity index (χ2n) is 7.72. The fraction of sp³-hybridized carbons (Fsp3) is 0.381. The smallest absolute Gasteiger partial charge is 0.253 e. The van der Waals surface area contributed by atoms with Gasteiger partial charge in [0.2, 0.25) is 0 Å². The Bertz CT molecular complexity index is 701. The topological polar surface area (TPSA) is 46.3 Å². The van der Waals surface area contributed by atoms with E-state index < -0.39 is 0 Å². The lowest BCUT2D eigenvalue weighted by molar-refractivity contribution is 0.0789. The van der Waals surface area contributed by atoms with Crippen LogP contribution in [0.1, 0.15) is 48.2 Å². The minimum atomic E-state index is -0.00908. The van der Waals surface area contributed by atoms with E-state index in [2.05, 4.69) is 45.0 Å². The highest BCUT2D eigenvalue weighted by Crippen LogP contribution is 2.28. The second-order valence-corrected chi connectivity index (χ2v) is 7.72. The molecule has 1 aliphatic rings. The van der Waals surface area contributed by atoms with E-state index >= 15 is 0 Å². The first-order valence-electron chi connectivity index (χ1n) is 8.56. The molecule has 0 aromatic heterocycles. The summed E-state index contributed by atoms with van der Waals surface area (Å²) in [4.78, 5) is 14.7. The fourth-order valence-electron chi connectivity index (χ4n) is 3.34. The number of hydrogen-bond donors (Lipinski definition) is 1. The standard InChI is InChI=1S/C21H26N2O/c1-21(2,3)17-11-9-16(10-12-17)20(24)23-13-18(19(22)14-23)15-7-5-4-6-8-15/h4-12,18-19H,13-14,22H2,1-3H3/t18-,19+/m0/s1. The second kappa shape index (κ2) is 6.40. The molecule has 2 aromatic rings. The van der Waals surface area contributed by atoms with Crippen molar-refractivity contribution in [1.82, 2.24) is 4.90 Å². The number of hydrogen-bond acceptors (Lipinski definition) is 2. The van der Waals surface area contributed by atoms with Crippen molar-refractivity contribution in [2.45, 2.75) is 38.1 Å². The monoisotopic (exact) mass is 322 g/mol. The highest BCUT2D eigenvalue weighted by molar-refractivity contribution is 5.94. The summed E-state index contributed by atoms with van der Waals surface area (Å²) in [7, 11) is 0. The van der Waals surface area contributed by atoms with Gasteiger partial charge in [-0.25, -0.2) is 0 Å². The Morgan fingerprint density at radius 2 is 1.62 bits per heavy atom. The molecular formula is C21H26N2O. The van der Waals surface area contributed by atoms with Gasteiger partial charge < -0.3 is 10.6 Å². The maximum absolute atomic E-state index is 12.8. The van der Waals surface area contributed by atoms with Crippen LogP contribution in [0.4, 0.5) is 0 Å². The molecule has 3 heteroatoms. The molecule has 0 saturated carbocycles. The molecule has 1 aliphatic heterocycles. The number of carbonyl (C=O) groups excluding carboxylic acids is 1. The van der Waals surface area contributed by atoms with E-state index in [9.17, 15) is 4.79 Å². The molecule has 2 N–H and O–H groups in total. The molecule has 2 aromatic carbocycles. The van der Waals surface area contributed by atoms with E-state index in [1.807, 2.05) is 35.2 Å². The normalized spacial score (nSPS) is 21.1. The third-order valence-corrected chi connectivity index (χ3v) is 4.88. The number of likely N-dealkylation sites (tertiary alicyclic amines) is 1. The lowest BCUT2D eigenvalue weighted by atomic mass is 9.86. The summed E-state index contributed by atoms with van der Waals surface area (Å²) < 4.78 is 0. The molecule has 2 atom stereocenters. The van der Waals surface area contributed by atoms with Crippen LogP contribution < -0.4 is 5.73 Å². The molecule has 1 heterocycles. The van der Waals surface area contributed by atoms with Crippen LogP contribution in [0.5, 0.6) is 0 Å². The van der Waals surface area contributed by atoms with E-state index in [0.717, 1.165) is 5.56 Å². The van der Waals surface area contributed by atoms with Crippen molar-refractivity contribution in [3.05, 3.63) is 71.3 Å². The molecule has 1 amide bonds.